The molecule has 5 rings (SSSR count). The highest BCUT2D eigenvalue weighted by molar-refractivity contribution is 6.13. The summed E-state index contributed by atoms with van der Waals surface area (Å²) in [6.07, 6.45) is -0.430. The third-order valence-corrected chi connectivity index (χ3v) is 9.93. The van der Waals surface area contributed by atoms with Gasteiger partial charge in [-0.2, -0.15) is 0 Å². The molecule has 62 heavy (non-hydrogen) atoms. The van der Waals surface area contributed by atoms with Crippen LogP contribution < -0.4 is 31.9 Å². The lowest BCUT2D eigenvalue weighted by atomic mass is 9.95. The van der Waals surface area contributed by atoms with Crippen molar-refractivity contribution in [3.05, 3.63) is 54.6 Å². The highest BCUT2D eigenvalue weighted by Gasteiger charge is 2.45. The van der Waals surface area contributed by atoms with Gasteiger partial charge >= 0.3 is 6.09 Å². The number of aliphatic hydroxyl groups is 3. The molecule has 334 valence electrons. The Morgan fingerprint density at radius 2 is 1.63 bits per heavy atom. The van der Waals surface area contributed by atoms with Crippen molar-refractivity contribution in [1.29, 1.82) is 0 Å². The van der Waals surface area contributed by atoms with E-state index in [9.17, 15) is 48.9 Å². The van der Waals surface area contributed by atoms with Gasteiger partial charge in [0.05, 0.1) is 19.0 Å². The van der Waals surface area contributed by atoms with Crippen molar-refractivity contribution in [2.45, 2.75) is 95.7 Å². The number of hydrogen-bond donors (Lipinski definition) is 10. The average Bonchev–Trinajstić information content (AvgIpc) is 3.86. The van der Waals surface area contributed by atoms with E-state index in [-0.39, 0.29) is 44.3 Å². The number of imidazole rings is 1. The molecule has 0 bridgehead atoms. The number of alkyl carbamates (subject to hydrolysis) is 1. The molecule has 23 heteroatoms. The molecule has 7 atom stereocenters. The van der Waals surface area contributed by atoms with E-state index in [2.05, 4.69) is 51.8 Å². The van der Waals surface area contributed by atoms with Crippen molar-refractivity contribution in [1.82, 2.24) is 46.1 Å². The lowest BCUT2D eigenvalue weighted by molar-refractivity contribution is -0.185. The molecule has 0 aliphatic carbocycles. The van der Waals surface area contributed by atoms with Crippen LogP contribution in [0.15, 0.2) is 49.1 Å². The summed E-state index contributed by atoms with van der Waals surface area (Å²) in [6, 6.07) is 3.37. The molecule has 0 spiro atoms. The minimum Gasteiger partial charge on any atom is -0.445 e. The monoisotopic (exact) mass is 865 g/mol. The fourth-order valence-electron chi connectivity index (χ4n) is 6.44. The van der Waals surface area contributed by atoms with E-state index in [1.165, 1.54) is 19.6 Å². The van der Waals surface area contributed by atoms with Crippen LogP contribution >= 0.6 is 0 Å². The normalized spacial score (nSPS) is 20.7. The fraction of sp³-hybridized carbons (Fsp3) is 0.487. The van der Waals surface area contributed by atoms with Crippen LogP contribution in [0.1, 0.15) is 52.0 Å². The first-order valence-corrected chi connectivity index (χ1v) is 19.9. The molecule has 2 aliphatic heterocycles. The number of carbonyl (C=O) groups is 7. The second kappa shape index (κ2) is 21.8. The van der Waals surface area contributed by atoms with Crippen molar-refractivity contribution >= 4 is 64.2 Å². The number of nitrogens with one attached hydrogen (secondary N) is 7. The lowest BCUT2D eigenvalue weighted by Gasteiger charge is -2.42. The number of aromatic amines is 1. The van der Waals surface area contributed by atoms with Crippen LogP contribution in [-0.4, -0.2) is 144 Å². The van der Waals surface area contributed by atoms with Crippen LogP contribution in [0.5, 0.6) is 0 Å². The minimum absolute atomic E-state index is 0.0203. The van der Waals surface area contributed by atoms with Gasteiger partial charge in [0.1, 0.15) is 48.8 Å². The number of aliphatic hydroxyl groups excluding tert-OH is 3. The average molecular weight is 866 g/mol. The summed E-state index contributed by atoms with van der Waals surface area (Å²) in [5.74, 6) is -3.24. The van der Waals surface area contributed by atoms with Gasteiger partial charge in [0.25, 0.3) is 11.8 Å². The van der Waals surface area contributed by atoms with Gasteiger partial charge in [-0.15, -0.1) is 0 Å². The van der Waals surface area contributed by atoms with E-state index < -0.39 is 90.8 Å². The molecular weight excluding hydrogens is 814 g/mol. The summed E-state index contributed by atoms with van der Waals surface area (Å²) < 4.78 is 11.0. The Labute approximate surface area is 354 Å². The molecule has 2 aliphatic rings. The fourth-order valence-corrected chi connectivity index (χ4v) is 6.44. The summed E-state index contributed by atoms with van der Waals surface area (Å²) in [4.78, 5) is 103. The number of amides is 7. The predicted molar refractivity (Wildman–Crippen MR) is 217 cm³/mol. The van der Waals surface area contributed by atoms with Crippen LogP contribution in [0.2, 0.25) is 0 Å². The zero-order valence-electron chi connectivity index (χ0n) is 34.2. The standard InChI is InChI=1S/C39H51N11O12/c1-20(2)29(47-26(53)13-15-50-27(54)11-12-28(50)55)37(59)45-21(3)36(58)46-23-9-7-22(8-10-23)17-61-39(60)40-14-5-4-6-25(52)48-30-24(16-51)62-38(33(57)32(30)56)49-35-31-34(42-18-41-31)43-19-44-35/h7-12,18-21,24,29-30,32-33,38,51,56-57H,4-6,13-17H2,1-3H3,(H,40,60)(H,45,59)(H,46,58)(H,47,53)(H,48,52)(H2,41,42,43,44,49)/t21-,24-,29-,30-,32+,33-,38-/m0/s1. The predicted octanol–water partition coefficient (Wildman–Crippen LogP) is -1.32. The van der Waals surface area contributed by atoms with E-state index in [1.54, 1.807) is 38.1 Å². The van der Waals surface area contributed by atoms with Crippen molar-refractivity contribution in [3.63, 3.8) is 0 Å². The molecule has 10 N–H and O–H groups in total. The van der Waals surface area contributed by atoms with Gasteiger partial charge in [0.15, 0.2) is 17.7 Å². The first-order chi connectivity index (χ1) is 29.6. The Kier molecular flexibility index (Phi) is 16.4. The molecule has 0 radical (unpaired) electrons. The van der Waals surface area contributed by atoms with Crippen LogP contribution in [0.4, 0.5) is 16.3 Å². The van der Waals surface area contributed by atoms with Crippen molar-refractivity contribution in [2.75, 3.05) is 30.3 Å². The van der Waals surface area contributed by atoms with E-state index in [0.717, 1.165) is 17.1 Å². The summed E-state index contributed by atoms with van der Waals surface area (Å²) in [5.41, 5.74) is 1.84. The number of fused-ring (bicyclic) bond motifs is 1. The number of hydrogen-bond acceptors (Lipinski definition) is 16. The number of aromatic nitrogens is 4. The second-order valence-corrected chi connectivity index (χ2v) is 14.9. The summed E-state index contributed by atoms with van der Waals surface area (Å²) in [7, 11) is 0. The maximum Gasteiger partial charge on any atom is 0.407 e. The lowest BCUT2D eigenvalue weighted by Crippen LogP contribution is -2.65. The smallest absolute Gasteiger partial charge is 0.407 e. The summed E-state index contributed by atoms with van der Waals surface area (Å²) >= 11 is 0. The van der Waals surface area contributed by atoms with Gasteiger partial charge in [-0.1, -0.05) is 26.0 Å². The third kappa shape index (κ3) is 12.5. The van der Waals surface area contributed by atoms with Crippen molar-refractivity contribution in [3.8, 4) is 0 Å². The number of imide groups is 1. The Hall–Kier alpha value is -6.56. The van der Waals surface area contributed by atoms with Gasteiger partial charge in [0, 0.05) is 43.8 Å². The SMILES string of the molecule is CC(C)[C@H](NC(=O)CCN1C(=O)C=CC1=O)C(=O)N[C@@H](C)C(=O)Nc1ccc(COC(=O)NCCCCC(=O)N[C@@H]2[C@@H](O)[C@H](O)[C@@H](Nc3ncnc4nc[nH]c34)O[C@H]2CO)cc1. The molecule has 1 fully saturated rings. The van der Waals surface area contributed by atoms with Gasteiger partial charge < -0.3 is 61.7 Å². The van der Waals surface area contributed by atoms with E-state index in [4.69, 9.17) is 9.47 Å². The largest absolute Gasteiger partial charge is 0.445 e. The minimum atomic E-state index is -1.50. The number of nitrogens with zero attached hydrogens (tertiary/aromatic N) is 4. The van der Waals surface area contributed by atoms with E-state index in [0.29, 0.717) is 35.3 Å². The van der Waals surface area contributed by atoms with Gasteiger partial charge in [0.2, 0.25) is 23.6 Å². The van der Waals surface area contributed by atoms with Crippen LogP contribution in [0.25, 0.3) is 11.2 Å². The zero-order chi connectivity index (χ0) is 44.9. The Bertz CT molecular complexity index is 2090. The van der Waals surface area contributed by atoms with Gasteiger partial charge in [-0.3, -0.25) is 33.7 Å². The van der Waals surface area contributed by atoms with Crippen molar-refractivity contribution < 1.29 is 58.4 Å². The molecule has 23 nitrogen and oxygen atoms in total. The van der Waals surface area contributed by atoms with Crippen LogP contribution in [0.3, 0.4) is 0 Å². The van der Waals surface area contributed by atoms with E-state index >= 15 is 0 Å². The van der Waals surface area contributed by atoms with Crippen LogP contribution in [0, 0.1) is 5.92 Å². The highest BCUT2D eigenvalue weighted by atomic mass is 16.6. The van der Waals surface area contributed by atoms with Gasteiger partial charge in [-0.25, -0.2) is 19.7 Å². The molecular formula is C39H51N11O12. The quantitative estimate of drug-likeness (QED) is 0.0465. The Balaban J connectivity index is 0.951. The molecule has 0 unspecified atom stereocenters. The first-order valence-electron chi connectivity index (χ1n) is 19.9. The van der Waals surface area contributed by atoms with Gasteiger partial charge in [-0.05, 0) is 43.4 Å². The molecule has 3 aromatic rings. The third-order valence-electron chi connectivity index (χ3n) is 9.93. The molecule has 1 aromatic carbocycles. The molecule has 1 saturated heterocycles. The molecule has 7 amide bonds. The number of carbonyl (C=O) groups excluding carboxylic acids is 7. The Morgan fingerprint density at radius 3 is 2.32 bits per heavy atom. The van der Waals surface area contributed by atoms with Crippen LogP contribution in [-0.2, 0) is 44.8 Å². The van der Waals surface area contributed by atoms with E-state index in [1.807, 2.05) is 0 Å². The number of anilines is 2. The molecule has 2 aromatic heterocycles. The molecule has 4 heterocycles. The number of H-pyrrole nitrogens is 1. The summed E-state index contributed by atoms with van der Waals surface area (Å²) in [5, 5.41) is 47.5. The maximum absolute atomic E-state index is 13.0. The number of unbranched alkanes of at least 4 members (excludes halogenated alkanes) is 1. The number of rotatable bonds is 20. The highest BCUT2D eigenvalue weighted by Crippen LogP contribution is 2.25. The maximum atomic E-state index is 13.0. The van der Waals surface area contributed by atoms with Crippen molar-refractivity contribution in [2.24, 2.45) is 5.92 Å². The number of ether oxygens (including phenoxy) is 2. The topological polar surface area (TPSA) is 329 Å². The second-order valence-electron chi connectivity index (χ2n) is 14.9. The first kappa shape index (κ1) is 46.5. The number of benzene rings is 1. The Morgan fingerprint density at radius 1 is 0.903 bits per heavy atom. The zero-order valence-corrected chi connectivity index (χ0v) is 34.2. The summed E-state index contributed by atoms with van der Waals surface area (Å²) in [6.45, 7) is 4.33. The molecule has 0 saturated carbocycles.